The third-order valence-corrected chi connectivity index (χ3v) is 3.50. The van der Waals surface area contributed by atoms with Crippen LogP contribution in [0, 0.1) is 0 Å². The zero-order valence-corrected chi connectivity index (χ0v) is 16.1. The SMILES string of the molecule is CCOC(=O)c1ccc(OCC(=O)NNC(=O)COc2ccccc2OC)cc1. The number of esters is 1. The summed E-state index contributed by atoms with van der Waals surface area (Å²) in [7, 11) is 1.49. The first-order chi connectivity index (χ1) is 14.0. The predicted octanol–water partition coefficient (Wildman–Crippen LogP) is 1.48. The van der Waals surface area contributed by atoms with Crippen LogP contribution in [0.25, 0.3) is 0 Å². The Bertz CT molecular complexity index is 837. The Kier molecular flexibility index (Phi) is 8.30. The number of hydrogen-bond acceptors (Lipinski definition) is 7. The lowest BCUT2D eigenvalue weighted by Crippen LogP contribution is -2.45. The van der Waals surface area contributed by atoms with Crippen molar-refractivity contribution in [2.24, 2.45) is 0 Å². The van der Waals surface area contributed by atoms with Gasteiger partial charge in [-0.25, -0.2) is 4.79 Å². The van der Waals surface area contributed by atoms with Gasteiger partial charge < -0.3 is 18.9 Å². The molecule has 0 aliphatic rings. The lowest BCUT2D eigenvalue weighted by Gasteiger charge is -2.11. The quantitative estimate of drug-likeness (QED) is 0.483. The zero-order valence-electron chi connectivity index (χ0n) is 16.1. The first kappa shape index (κ1) is 21.5. The van der Waals surface area contributed by atoms with Crippen LogP contribution in [0.1, 0.15) is 17.3 Å². The van der Waals surface area contributed by atoms with E-state index >= 15 is 0 Å². The Hall–Kier alpha value is -3.75. The second-order valence-corrected chi connectivity index (χ2v) is 5.57. The summed E-state index contributed by atoms with van der Waals surface area (Å²) in [6.07, 6.45) is 0. The molecule has 9 heteroatoms. The van der Waals surface area contributed by atoms with Crippen LogP contribution in [0.15, 0.2) is 48.5 Å². The highest BCUT2D eigenvalue weighted by molar-refractivity contribution is 5.89. The second-order valence-electron chi connectivity index (χ2n) is 5.57. The summed E-state index contributed by atoms with van der Waals surface area (Å²) in [5, 5.41) is 0. The zero-order chi connectivity index (χ0) is 21.1. The summed E-state index contributed by atoms with van der Waals surface area (Å²) in [4.78, 5) is 35.1. The van der Waals surface area contributed by atoms with Crippen molar-refractivity contribution >= 4 is 17.8 Å². The number of hydrogen-bond donors (Lipinski definition) is 2. The van der Waals surface area contributed by atoms with Crippen LogP contribution >= 0.6 is 0 Å². The molecule has 0 atom stereocenters. The van der Waals surface area contributed by atoms with Crippen LogP contribution in [0.2, 0.25) is 0 Å². The van der Waals surface area contributed by atoms with Gasteiger partial charge in [-0.05, 0) is 43.3 Å². The van der Waals surface area contributed by atoms with Crippen molar-refractivity contribution in [2.75, 3.05) is 26.9 Å². The molecular weight excluding hydrogens is 380 g/mol. The molecule has 0 aromatic heterocycles. The highest BCUT2D eigenvalue weighted by atomic mass is 16.5. The van der Waals surface area contributed by atoms with Gasteiger partial charge in [0.1, 0.15) is 5.75 Å². The fraction of sp³-hybridized carbons (Fsp3) is 0.250. The fourth-order valence-corrected chi connectivity index (χ4v) is 2.14. The molecule has 0 saturated carbocycles. The number of nitrogens with one attached hydrogen (secondary N) is 2. The average Bonchev–Trinajstić information content (AvgIpc) is 2.75. The lowest BCUT2D eigenvalue weighted by atomic mass is 10.2. The largest absolute Gasteiger partial charge is 0.493 e. The van der Waals surface area contributed by atoms with Crippen LogP contribution in [0.4, 0.5) is 0 Å². The van der Waals surface area contributed by atoms with Gasteiger partial charge in [0, 0.05) is 0 Å². The minimum absolute atomic E-state index is 0.285. The van der Waals surface area contributed by atoms with Crippen molar-refractivity contribution in [3.63, 3.8) is 0 Å². The molecule has 2 aromatic carbocycles. The maximum Gasteiger partial charge on any atom is 0.338 e. The van der Waals surface area contributed by atoms with E-state index in [1.165, 1.54) is 19.2 Å². The van der Waals surface area contributed by atoms with E-state index < -0.39 is 17.8 Å². The molecule has 0 radical (unpaired) electrons. The Morgan fingerprint density at radius 2 is 1.41 bits per heavy atom. The van der Waals surface area contributed by atoms with Gasteiger partial charge in [0.05, 0.1) is 19.3 Å². The smallest absolute Gasteiger partial charge is 0.338 e. The number of carbonyl (C=O) groups excluding carboxylic acids is 3. The van der Waals surface area contributed by atoms with E-state index in [1.54, 1.807) is 43.3 Å². The Labute approximate surface area is 167 Å². The Morgan fingerprint density at radius 3 is 2.00 bits per heavy atom. The minimum atomic E-state index is -0.565. The van der Waals surface area contributed by atoms with Gasteiger partial charge in [-0.15, -0.1) is 0 Å². The van der Waals surface area contributed by atoms with Crippen LogP contribution in [0.3, 0.4) is 0 Å². The second kappa shape index (κ2) is 11.2. The van der Waals surface area contributed by atoms with Crippen LogP contribution in [0.5, 0.6) is 17.2 Å². The minimum Gasteiger partial charge on any atom is -0.493 e. The molecule has 0 bridgehead atoms. The number of hydrazine groups is 1. The average molecular weight is 402 g/mol. The van der Waals surface area contributed by atoms with Crippen molar-refractivity contribution in [2.45, 2.75) is 6.92 Å². The first-order valence-electron chi connectivity index (χ1n) is 8.77. The van der Waals surface area contributed by atoms with Crippen LogP contribution in [-0.4, -0.2) is 44.7 Å². The van der Waals surface area contributed by atoms with Crippen molar-refractivity contribution in [3.05, 3.63) is 54.1 Å². The van der Waals surface area contributed by atoms with Gasteiger partial charge in [-0.2, -0.15) is 0 Å². The molecule has 0 fully saturated rings. The molecule has 2 N–H and O–H groups in total. The van der Waals surface area contributed by atoms with Gasteiger partial charge in [0.2, 0.25) is 0 Å². The van der Waals surface area contributed by atoms with Gasteiger partial charge in [0.25, 0.3) is 11.8 Å². The summed E-state index contributed by atoms with van der Waals surface area (Å²) in [5.41, 5.74) is 4.81. The van der Waals surface area contributed by atoms with E-state index in [0.29, 0.717) is 22.8 Å². The molecule has 0 heterocycles. The predicted molar refractivity (Wildman–Crippen MR) is 103 cm³/mol. The van der Waals surface area contributed by atoms with Crippen LogP contribution < -0.4 is 25.1 Å². The van der Waals surface area contributed by atoms with Crippen molar-refractivity contribution < 1.29 is 33.3 Å². The number of amides is 2. The van der Waals surface area contributed by atoms with Crippen LogP contribution in [-0.2, 0) is 14.3 Å². The topological polar surface area (TPSA) is 112 Å². The summed E-state index contributed by atoms with van der Waals surface area (Å²) in [6, 6.07) is 13.0. The summed E-state index contributed by atoms with van der Waals surface area (Å²) >= 11 is 0. The number of ether oxygens (including phenoxy) is 4. The summed E-state index contributed by atoms with van der Waals surface area (Å²) in [5.74, 6) is -0.264. The van der Waals surface area contributed by atoms with E-state index in [2.05, 4.69) is 10.9 Å². The summed E-state index contributed by atoms with van der Waals surface area (Å²) < 4.78 is 20.6. The molecule has 0 saturated heterocycles. The van der Waals surface area contributed by atoms with E-state index in [0.717, 1.165) is 0 Å². The van der Waals surface area contributed by atoms with Gasteiger partial charge in [-0.1, -0.05) is 12.1 Å². The summed E-state index contributed by atoms with van der Waals surface area (Å²) in [6.45, 7) is 1.37. The third kappa shape index (κ3) is 7.06. The molecule has 154 valence electrons. The molecule has 2 aromatic rings. The van der Waals surface area contributed by atoms with E-state index in [1.807, 2.05) is 0 Å². The molecular formula is C20H22N2O7. The monoisotopic (exact) mass is 402 g/mol. The number of benzene rings is 2. The fourth-order valence-electron chi connectivity index (χ4n) is 2.14. The van der Waals surface area contributed by atoms with Crippen molar-refractivity contribution in [1.82, 2.24) is 10.9 Å². The molecule has 9 nitrogen and oxygen atoms in total. The third-order valence-electron chi connectivity index (χ3n) is 3.50. The number of rotatable bonds is 9. The molecule has 2 rings (SSSR count). The molecule has 0 spiro atoms. The first-order valence-corrected chi connectivity index (χ1v) is 8.77. The van der Waals surface area contributed by atoms with Crippen molar-refractivity contribution in [3.8, 4) is 17.2 Å². The lowest BCUT2D eigenvalue weighted by molar-refractivity contribution is -0.131. The van der Waals surface area contributed by atoms with E-state index in [9.17, 15) is 14.4 Å². The Morgan fingerprint density at radius 1 is 0.828 bits per heavy atom. The molecule has 2 amide bonds. The van der Waals surface area contributed by atoms with Crippen molar-refractivity contribution in [1.29, 1.82) is 0 Å². The molecule has 0 aliphatic heterocycles. The molecule has 0 aliphatic carbocycles. The number of para-hydroxylation sites is 2. The van der Waals surface area contributed by atoms with E-state index in [-0.39, 0.29) is 19.8 Å². The maximum atomic E-state index is 11.8. The highest BCUT2D eigenvalue weighted by Gasteiger charge is 2.10. The van der Waals surface area contributed by atoms with E-state index in [4.69, 9.17) is 18.9 Å². The molecule has 29 heavy (non-hydrogen) atoms. The normalized spacial score (nSPS) is 9.86. The highest BCUT2D eigenvalue weighted by Crippen LogP contribution is 2.25. The molecule has 0 unspecified atom stereocenters. The van der Waals surface area contributed by atoms with Gasteiger partial charge in [-0.3, -0.25) is 20.4 Å². The van der Waals surface area contributed by atoms with Gasteiger partial charge >= 0.3 is 5.97 Å². The Balaban J connectivity index is 1.70. The standard InChI is InChI=1S/C20H22N2O7/c1-3-27-20(25)14-8-10-15(11-9-14)28-12-18(23)21-22-19(24)13-29-17-7-5-4-6-16(17)26-2/h4-11H,3,12-13H2,1-2H3,(H,21,23)(H,22,24). The maximum absolute atomic E-state index is 11.8. The number of carbonyl (C=O) groups is 3. The van der Waals surface area contributed by atoms with Gasteiger partial charge in [0.15, 0.2) is 24.7 Å². The number of methoxy groups -OCH3 is 1.